The monoisotopic (exact) mass is 330 g/mol. The molecule has 1 aliphatic rings. The normalized spacial score (nSPS) is 17.2. The van der Waals surface area contributed by atoms with Gasteiger partial charge in [0.2, 0.25) is 0 Å². The summed E-state index contributed by atoms with van der Waals surface area (Å²) >= 11 is 0. The number of ether oxygens (including phenoxy) is 2. The third kappa shape index (κ3) is 2.68. The standard InChI is InChI=1S/C20H26O4/c1-11(2)20(21)24-10-15-16-12(3)7-6-8-14(16)18(22-5)19-17(15)13(4)9-23-19/h9,11-12H,6-8,10H2,1-5H3/t12-/m0/s1. The lowest BCUT2D eigenvalue weighted by atomic mass is 9.79. The number of furan rings is 1. The van der Waals surface area contributed by atoms with Crippen LogP contribution in [0.2, 0.25) is 0 Å². The summed E-state index contributed by atoms with van der Waals surface area (Å²) in [5, 5.41) is 1.04. The van der Waals surface area contributed by atoms with E-state index in [4.69, 9.17) is 13.9 Å². The molecule has 2 aromatic rings. The Bertz CT molecular complexity index is 770. The van der Waals surface area contributed by atoms with E-state index in [2.05, 4.69) is 6.92 Å². The molecule has 0 bridgehead atoms. The Morgan fingerprint density at radius 2 is 2.17 bits per heavy atom. The molecule has 0 amide bonds. The number of esters is 1. The van der Waals surface area contributed by atoms with E-state index in [9.17, 15) is 4.79 Å². The number of carbonyl (C=O) groups is 1. The average Bonchev–Trinajstić information content (AvgIpc) is 2.93. The Kier molecular flexibility index (Phi) is 4.57. The molecule has 1 aromatic heterocycles. The highest BCUT2D eigenvalue weighted by Crippen LogP contribution is 2.46. The summed E-state index contributed by atoms with van der Waals surface area (Å²) in [5.41, 5.74) is 5.42. The third-order valence-electron chi connectivity index (χ3n) is 5.00. The topological polar surface area (TPSA) is 48.7 Å². The van der Waals surface area contributed by atoms with Crippen LogP contribution >= 0.6 is 0 Å². The second-order valence-corrected chi connectivity index (χ2v) is 7.08. The van der Waals surface area contributed by atoms with Gasteiger partial charge in [0.1, 0.15) is 6.61 Å². The second-order valence-electron chi connectivity index (χ2n) is 7.08. The summed E-state index contributed by atoms with van der Waals surface area (Å²) in [6, 6.07) is 0. The van der Waals surface area contributed by atoms with Crippen molar-refractivity contribution in [3.8, 4) is 5.75 Å². The fraction of sp³-hybridized carbons (Fsp3) is 0.550. The highest BCUT2D eigenvalue weighted by atomic mass is 16.5. The van der Waals surface area contributed by atoms with Crippen LogP contribution in [0.25, 0.3) is 11.0 Å². The molecule has 0 fully saturated rings. The van der Waals surface area contributed by atoms with E-state index in [0.29, 0.717) is 12.5 Å². The van der Waals surface area contributed by atoms with Gasteiger partial charge in [0.15, 0.2) is 11.3 Å². The molecule has 0 unspecified atom stereocenters. The number of hydrogen-bond acceptors (Lipinski definition) is 4. The van der Waals surface area contributed by atoms with Crippen molar-refractivity contribution in [3.05, 3.63) is 28.5 Å². The molecule has 24 heavy (non-hydrogen) atoms. The zero-order chi connectivity index (χ0) is 17.4. The van der Waals surface area contributed by atoms with E-state index >= 15 is 0 Å². The number of methoxy groups -OCH3 is 1. The van der Waals surface area contributed by atoms with Crippen molar-refractivity contribution in [1.29, 1.82) is 0 Å². The van der Waals surface area contributed by atoms with Crippen molar-refractivity contribution >= 4 is 16.9 Å². The van der Waals surface area contributed by atoms with Crippen LogP contribution in [-0.2, 0) is 22.6 Å². The van der Waals surface area contributed by atoms with E-state index in [-0.39, 0.29) is 11.9 Å². The Morgan fingerprint density at radius 3 is 2.83 bits per heavy atom. The van der Waals surface area contributed by atoms with E-state index in [1.54, 1.807) is 13.4 Å². The molecule has 130 valence electrons. The van der Waals surface area contributed by atoms with Crippen molar-refractivity contribution in [1.82, 2.24) is 0 Å². The molecule has 1 atom stereocenters. The first-order valence-electron chi connectivity index (χ1n) is 8.71. The maximum atomic E-state index is 12.0. The summed E-state index contributed by atoms with van der Waals surface area (Å²) in [6.07, 6.45) is 5.02. The lowest BCUT2D eigenvalue weighted by molar-refractivity contribution is -0.148. The van der Waals surface area contributed by atoms with Gasteiger partial charge >= 0.3 is 5.97 Å². The van der Waals surface area contributed by atoms with Gasteiger partial charge in [0, 0.05) is 16.5 Å². The lowest BCUT2D eigenvalue weighted by Crippen LogP contribution is -2.16. The molecular formula is C20H26O4. The van der Waals surface area contributed by atoms with Crippen LogP contribution in [0.4, 0.5) is 0 Å². The molecule has 1 heterocycles. The first-order chi connectivity index (χ1) is 11.5. The largest absolute Gasteiger partial charge is 0.493 e. The van der Waals surface area contributed by atoms with Crippen molar-refractivity contribution in [3.63, 3.8) is 0 Å². The first-order valence-corrected chi connectivity index (χ1v) is 8.71. The van der Waals surface area contributed by atoms with Crippen LogP contribution in [0.15, 0.2) is 10.7 Å². The molecule has 1 aliphatic carbocycles. The van der Waals surface area contributed by atoms with Crippen LogP contribution < -0.4 is 4.74 Å². The van der Waals surface area contributed by atoms with Crippen LogP contribution in [0.1, 0.15) is 61.8 Å². The first kappa shape index (κ1) is 16.9. The average molecular weight is 330 g/mol. The van der Waals surface area contributed by atoms with Crippen molar-refractivity contribution in [2.75, 3.05) is 7.11 Å². The second kappa shape index (κ2) is 6.50. The summed E-state index contributed by atoms with van der Waals surface area (Å²) < 4.78 is 17.1. The quantitative estimate of drug-likeness (QED) is 0.749. The fourth-order valence-electron chi connectivity index (χ4n) is 3.81. The maximum absolute atomic E-state index is 12.0. The minimum Gasteiger partial charge on any atom is -0.493 e. The number of aryl methyl sites for hydroxylation is 1. The van der Waals surface area contributed by atoms with Crippen molar-refractivity contribution in [2.24, 2.45) is 5.92 Å². The number of hydrogen-bond donors (Lipinski definition) is 0. The molecule has 0 aliphatic heterocycles. The van der Waals surface area contributed by atoms with E-state index < -0.39 is 0 Å². The van der Waals surface area contributed by atoms with Gasteiger partial charge < -0.3 is 13.9 Å². The van der Waals surface area contributed by atoms with E-state index in [1.165, 1.54) is 11.1 Å². The molecule has 0 saturated heterocycles. The molecule has 0 saturated carbocycles. The minimum atomic E-state index is -0.169. The Morgan fingerprint density at radius 1 is 1.42 bits per heavy atom. The summed E-state index contributed by atoms with van der Waals surface area (Å²) in [4.78, 5) is 12.0. The van der Waals surface area contributed by atoms with E-state index in [1.807, 2.05) is 20.8 Å². The van der Waals surface area contributed by atoms with Gasteiger partial charge in [-0.1, -0.05) is 20.8 Å². The molecule has 4 heteroatoms. The molecule has 3 rings (SSSR count). The minimum absolute atomic E-state index is 0.127. The molecular weight excluding hydrogens is 304 g/mol. The molecule has 0 spiro atoms. The smallest absolute Gasteiger partial charge is 0.308 e. The lowest BCUT2D eigenvalue weighted by Gasteiger charge is -2.28. The summed E-state index contributed by atoms with van der Waals surface area (Å²) in [7, 11) is 1.70. The molecule has 4 nitrogen and oxygen atoms in total. The predicted molar refractivity (Wildman–Crippen MR) is 93.5 cm³/mol. The SMILES string of the molecule is COc1c2c(c(COC(=O)C(C)C)c3c(C)coc13)[C@@H](C)CCC2. The number of fused-ring (bicyclic) bond motifs is 2. The Balaban J connectivity index is 2.20. The van der Waals surface area contributed by atoms with Crippen LogP contribution in [0.3, 0.4) is 0 Å². The summed E-state index contributed by atoms with van der Waals surface area (Å²) in [5.74, 6) is 0.974. The molecule has 1 aromatic carbocycles. The molecule has 0 radical (unpaired) electrons. The third-order valence-corrected chi connectivity index (χ3v) is 5.00. The van der Waals surface area contributed by atoms with E-state index in [0.717, 1.165) is 47.1 Å². The Hall–Kier alpha value is -1.97. The van der Waals surface area contributed by atoms with Crippen LogP contribution in [-0.4, -0.2) is 13.1 Å². The van der Waals surface area contributed by atoms with Gasteiger partial charge in [-0.25, -0.2) is 0 Å². The van der Waals surface area contributed by atoms with Gasteiger partial charge in [0.05, 0.1) is 19.3 Å². The highest BCUT2D eigenvalue weighted by Gasteiger charge is 2.29. The zero-order valence-electron chi connectivity index (χ0n) is 15.2. The predicted octanol–water partition coefficient (Wildman–Crippen LogP) is 4.89. The van der Waals surface area contributed by atoms with Crippen molar-refractivity contribution < 1.29 is 18.7 Å². The number of benzene rings is 1. The fourth-order valence-corrected chi connectivity index (χ4v) is 3.81. The van der Waals surface area contributed by atoms with Gasteiger partial charge in [-0.05, 0) is 43.2 Å². The van der Waals surface area contributed by atoms with Gasteiger partial charge in [0.25, 0.3) is 0 Å². The Labute approximate surface area is 143 Å². The zero-order valence-corrected chi connectivity index (χ0v) is 15.2. The van der Waals surface area contributed by atoms with Gasteiger partial charge in [-0.3, -0.25) is 4.79 Å². The number of carbonyl (C=O) groups excluding carboxylic acids is 1. The van der Waals surface area contributed by atoms with Crippen molar-refractivity contribution in [2.45, 2.75) is 59.5 Å². The molecule has 0 N–H and O–H groups in total. The number of rotatable bonds is 4. The highest BCUT2D eigenvalue weighted by molar-refractivity contribution is 5.92. The van der Waals surface area contributed by atoms with Crippen LogP contribution in [0, 0.1) is 12.8 Å². The van der Waals surface area contributed by atoms with Gasteiger partial charge in [-0.2, -0.15) is 0 Å². The summed E-state index contributed by atoms with van der Waals surface area (Å²) in [6.45, 7) is 8.27. The van der Waals surface area contributed by atoms with Crippen LogP contribution in [0.5, 0.6) is 5.75 Å². The maximum Gasteiger partial charge on any atom is 0.308 e. The van der Waals surface area contributed by atoms with Gasteiger partial charge in [-0.15, -0.1) is 0 Å².